The lowest BCUT2D eigenvalue weighted by molar-refractivity contribution is -0.121. The van der Waals surface area contributed by atoms with E-state index in [0.29, 0.717) is 29.8 Å². The van der Waals surface area contributed by atoms with E-state index < -0.39 is 0 Å². The average Bonchev–Trinajstić information content (AvgIpc) is 3.31. The summed E-state index contributed by atoms with van der Waals surface area (Å²) in [4.78, 5) is 16.6. The minimum atomic E-state index is -0.0432. The predicted molar refractivity (Wildman–Crippen MR) is 84.1 cm³/mol. The highest BCUT2D eigenvalue weighted by molar-refractivity contribution is 5.79. The summed E-state index contributed by atoms with van der Waals surface area (Å²) in [6, 6.07) is 9.77. The molecule has 0 aliphatic heterocycles. The fraction of sp³-hybridized carbons (Fsp3) is 0.412. The van der Waals surface area contributed by atoms with Crippen LogP contribution in [0.1, 0.15) is 24.3 Å². The van der Waals surface area contributed by atoms with Gasteiger partial charge in [0.25, 0.3) is 0 Å². The monoisotopic (exact) mass is 299 g/mol. The Morgan fingerprint density at radius 2 is 2.14 bits per heavy atom. The molecule has 0 radical (unpaired) electrons. The number of benzene rings is 1. The first-order valence-electron chi connectivity index (χ1n) is 7.68. The van der Waals surface area contributed by atoms with Crippen molar-refractivity contribution in [1.29, 1.82) is 0 Å². The molecule has 3 rings (SSSR count). The van der Waals surface area contributed by atoms with Crippen LogP contribution >= 0.6 is 0 Å². The molecule has 0 spiro atoms. The number of carbonyl (C=O) groups is 1. The number of carbonyl (C=O) groups excluding carboxylic acids is 1. The third-order valence-electron chi connectivity index (χ3n) is 4.03. The van der Waals surface area contributed by atoms with Gasteiger partial charge in [-0.15, -0.1) is 0 Å². The smallest absolute Gasteiger partial charge is 0.226 e. The van der Waals surface area contributed by atoms with Crippen molar-refractivity contribution in [1.82, 2.24) is 10.3 Å². The first kappa shape index (κ1) is 14.8. The van der Waals surface area contributed by atoms with E-state index in [4.69, 9.17) is 10.2 Å². The van der Waals surface area contributed by atoms with Crippen molar-refractivity contribution in [3.63, 3.8) is 0 Å². The fourth-order valence-electron chi connectivity index (χ4n) is 2.57. The molecule has 1 aliphatic carbocycles. The van der Waals surface area contributed by atoms with E-state index in [9.17, 15) is 4.79 Å². The van der Waals surface area contributed by atoms with Crippen molar-refractivity contribution in [3.05, 3.63) is 41.8 Å². The third kappa shape index (κ3) is 3.36. The molecule has 3 N–H and O–H groups in total. The lowest BCUT2D eigenvalue weighted by atomic mass is 10.1. The Bertz CT molecular complexity index is 647. The lowest BCUT2D eigenvalue weighted by Gasteiger charge is -2.15. The molecule has 5 nitrogen and oxygen atoms in total. The molecule has 1 aromatic heterocycles. The summed E-state index contributed by atoms with van der Waals surface area (Å²) >= 11 is 0. The molecule has 0 bridgehead atoms. The van der Waals surface area contributed by atoms with E-state index in [1.807, 2.05) is 37.3 Å². The van der Waals surface area contributed by atoms with E-state index >= 15 is 0 Å². The molecule has 1 aliphatic rings. The van der Waals surface area contributed by atoms with Crippen molar-refractivity contribution < 1.29 is 9.21 Å². The van der Waals surface area contributed by atoms with Crippen LogP contribution in [0.25, 0.3) is 11.5 Å². The Hall–Kier alpha value is -2.14. The molecule has 1 atom stereocenters. The summed E-state index contributed by atoms with van der Waals surface area (Å²) in [5, 5.41) is 3.01. The van der Waals surface area contributed by atoms with E-state index in [2.05, 4.69) is 10.3 Å². The predicted octanol–water partition coefficient (Wildman–Crippen LogP) is 2.05. The van der Waals surface area contributed by atoms with Gasteiger partial charge in [-0.25, -0.2) is 4.98 Å². The highest BCUT2D eigenvalue weighted by atomic mass is 16.4. The van der Waals surface area contributed by atoms with Crippen molar-refractivity contribution >= 4 is 5.91 Å². The first-order valence-corrected chi connectivity index (χ1v) is 7.68. The van der Waals surface area contributed by atoms with Crippen LogP contribution in [0, 0.1) is 12.8 Å². The van der Waals surface area contributed by atoms with Gasteiger partial charge in [0.2, 0.25) is 11.8 Å². The van der Waals surface area contributed by atoms with Gasteiger partial charge in [-0.2, -0.15) is 0 Å². The van der Waals surface area contributed by atoms with Crippen LogP contribution in [0.3, 0.4) is 0 Å². The first-order chi connectivity index (χ1) is 10.7. The van der Waals surface area contributed by atoms with Crippen molar-refractivity contribution in [2.45, 2.75) is 32.2 Å². The van der Waals surface area contributed by atoms with Crippen LogP contribution in [0.2, 0.25) is 0 Å². The maximum absolute atomic E-state index is 12.2. The SMILES string of the molecule is Cc1oc(-c2ccccc2)nc1CC(=O)NC(CN)C1CC1. The van der Waals surface area contributed by atoms with Gasteiger partial charge in [-0.3, -0.25) is 4.79 Å². The molecule has 1 aromatic carbocycles. The van der Waals surface area contributed by atoms with Crippen LogP contribution in [-0.2, 0) is 11.2 Å². The summed E-state index contributed by atoms with van der Waals surface area (Å²) in [5.74, 6) is 1.74. The van der Waals surface area contributed by atoms with Crippen LogP contribution < -0.4 is 11.1 Å². The Balaban J connectivity index is 1.67. The highest BCUT2D eigenvalue weighted by Crippen LogP contribution is 2.32. The second-order valence-corrected chi connectivity index (χ2v) is 5.81. The van der Waals surface area contributed by atoms with Crippen LogP contribution in [0.4, 0.5) is 0 Å². The summed E-state index contributed by atoms with van der Waals surface area (Å²) in [5.41, 5.74) is 7.31. The van der Waals surface area contributed by atoms with Crippen molar-refractivity contribution in [2.24, 2.45) is 11.7 Å². The number of oxazole rings is 1. The van der Waals surface area contributed by atoms with Crippen LogP contribution in [-0.4, -0.2) is 23.5 Å². The highest BCUT2D eigenvalue weighted by Gasteiger charge is 2.31. The molecule has 1 saturated carbocycles. The third-order valence-corrected chi connectivity index (χ3v) is 4.03. The Kier molecular flexibility index (Phi) is 4.24. The van der Waals surface area contributed by atoms with Crippen molar-refractivity contribution in [3.8, 4) is 11.5 Å². The summed E-state index contributed by atoms with van der Waals surface area (Å²) < 4.78 is 5.68. The zero-order chi connectivity index (χ0) is 15.5. The number of aromatic nitrogens is 1. The van der Waals surface area contributed by atoms with Crippen LogP contribution in [0.15, 0.2) is 34.7 Å². The Morgan fingerprint density at radius 1 is 1.41 bits per heavy atom. The molecule has 116 valence electrons. The molecule has 1 heterocycles. The average molecular weight is 299 g/mol. The van der Waals surface area contributed by atoms with Crippen molar-refractivity contribution in [2.75, 3.05) is 6.54 Å². The number of nitrogens with two attached hydrogens (primary N) is 1. The molecule has 5 heteroatoms. The van der Waals surface area contributed by atoms with E-state index in [0.717, 1.165) is 18.4 Å². The maximum Gasteiger partial charge on any atom is 0.226 e. The summed E-state index contributed by atoms with van der Waals surface area (Å²) in [6.45, 7) is 2.33. The molecular formula is C17H21N3O2. The minimum absolute atomic E-state index is 0.0432. The van der Waals surface area contributed by atoms with Gasteiger partial charge in [-0.05, 0) is 37.8 Å². The minimum Gasteiger partial charge on any atom is -0.441 e. The van der Waals surface area contributed by atoms with E-state index in [-0.39, 0.29) is 18.4 Å². The largest absolute Gasteiger partial charge is 0.441 e. The number of aryl methyl sites for hydroxylation is 1. The van der Waals surface area contributed by atoms with E-state index in [1.165, 1.54) is 0 Å². The van der Waals surface area contributed by atoms with Gasteiger partial charge in [0.15, 0.2) is 0 Å². The van der Waals surface area contributed by atoms with Crippen LogP contribution in [0.5, 0.6) is 0 Å². The van der Waals surface area contributed by atoms with Gasteiger partial charge in [0.1, 0.15) is 5.76 Å². The molecule has 22 heavy (non-hydrogen) atoms. The maximum atomic E-state index is 12.2. The molecular weight excluding hydrogens is 278 g/mol. The second-order valence-electron chi connectivity index (χ2n) is 5.81. The number of nitrogens with one attached hydrogen (secondary N) is 1. The Labute approximate surface area is 129 Å². The number of rotatable bonds is 6. The van der Waals surface area contributed by atoms with Gasteiger partial charge >= 0.3 is 0 Å². The number of nitrogens with zero attached hydrogens (tertiary/aromatic N) is 1. The summed E-state index contributed by atoms with van der Waals surface area (Å²) in [6.07, 6.45) is 2.54. The van der Waals surface area contributed by atoms with Gasteiger partial charge in [0, 0.05) is 18.2 Å². The standard InChI is InChI=1S/C17H21N3O2/c1-11-14(9-16(21)19-15(10-18)12-7-8-12)20-17(22-11)13-5-3-2-4-6-13/h2-6,12,15H,7-10,18H2,1H3,(H,19,21). The number of hydrogen-bond acceptors (Lipinski definition) is 4. The molecule has 1 unspecified atom stereocenters. The van der Waals surface area contributed by atoms with Gasteiger partial charge < -0.3 is 15.5 Å². The fourth-order valence-corrected chi connectivity index (χ4v) is 2.57. The lowest BCUT2D eigenvalue weighted by Crippen LogP contribution is -2.42. The zero-order valence-electron chi connectivity index (χ0n) is 12.7. The Morgan fingerprint density at radius 3 is 2.77 bits per heavy atom. The van der Waals surface area contributed by atoms with Gasteiger partial charge in [0.05, 0.1) is 12.1 Å². The van der Waals surface area contributed by atoms with E-state index in [1.54, 1.807) is 0 Å². The normalized spacial score (nSPS) is 15.5. The number of hydrogen-bond donors (Lipinski definition) is 2. The molecule has 1 fully saturated rings. The summed E-state index contributed by atoms with van der Waals surface area (Å²) in [7, 11) is 0. The molecule has 1 amide bonds. The molecule has 2 aromatic rings. The second kappa shape index (κ2) is 6.32. The van der Waals surface area contributed by atoms with Gasteiger partial charge in [-0.1, -0.05) is 18.2 Å². The topological polar surface area (TPSA) is 81.2 Å². The number of amides is 1. The molecule has 0 saturated heterocycles. The zero-order valence-corrected chi connectivity index (χ0v) is 12.7. The quantitative estimate of drug-likeness (QED) is 0.855.